The van der Waals surface area contributed by atoms with E-state index in [1.54, 1.807) is 0 Å². The number of para-hydroxylation sites is 4. The highest BCUT2D eigenvalue weighted by Crippen LogP contribution is 2.40. The second-order valence-corrected chi connectivity index (χ2v) is 10.6. The Morgan fingerprint density at radius 2 is 0.905 bits per heavy atom. The van der Waals surface area contributed by atoms with Crippen LogP contribution >= 0.6 is 0 Å². The smallest absolute Gasteiger partial charge is 0.0541 e. The summed E-state index contributed by atoms with van der Waals surface area (Å²) in [6.07, 6.45) is 0. The summed E-state index contributed by atoms with van der Waals surface area (Å²) in [4.78, 5) is 2.32. The molecule has 0 spiro atoms. The van der Waals surface area contributed by atoms with Crippen LogP contribution in [0.2, 0.25) is 0 Å². The molecule has 7 aromatic carbocycles. The molecule has 0 atom stereocenters. The van der Waals surface area contributed by atoms with Crippen molar-refractivity contribution >= 4 is 49.6 Å². The van der Waals surface area contributed by atoms with Crippen molar-refractivity contribution in [1.29, 1.82) is 0 Å². The van der Waals surface area contributed by atoms with E-state index in [1.807, 2.05) is 0 Å². The van der Waals surface area contributed by atoms with E-state index in [9.17, 15) is 0 Å². The molecule has 0 aliphatic heterocycles. The first kappa shape index (κ1) is 24.2. The van der Waals surface area contributed by atoms with Gasteiger partial charge in [0.2, 0.25) is 0 Å². The summed E-state index contributed by atoms with van der Waals surface area (Å²) in [5.74, 6) is 0. The molecule has 0 radical (unpaired) electrons. The fourth-order valence-corrected chi connectivity index (χ4v) is 6.28. The van der Waals surface area contributed by atoms with Crippen molar-refractivity contribution in [3.05, 3.63) is 170 Å². The molecule has 2 nitrogen and oxygen atoms in total. The molecular formula is C40H28N2. The van der Waals surface area contributed by atoms with Crippen LogP contribution in [0, 0.1) is 0 Å². The number of aromatic nitrogens is 1. The molecule has 1 heterocycles. The van der Waals surface area contributed by atoms with Crippen molar-refractivity contribution in [1.82, 2.24) is 4.57 Å². The van der Waals surface area contributed by atoms with Gasteiger partial charge in [0, 0.05) is 33.5 Å². The van der Waals surface area contributed by atoms with Gasteiger partial charge < -0.3 is 9.47 Å². The van der Waals surface area contributed by atoms with Crippen molar-refractivity contribution in [3.8, 4) is 16.8 Å². The lowest BCUT2D eigenvalue weighted by Gasteiger charge is -2.26. The SMILES string of the molecule is c1ccc(N(c2ccccc2)c2cccc(-c3cc(-n4c5ccccc5c5ccccc54)cc4ccccc34)c2)cc1. The van der Waals surface area contributed by atoms with Crippen LogP contribution in [0.15, 0.2) is 170 Å². The lowest BCUT2D eigenvalue weighted by molar-refractivity contribution is 1.19. The highest BCUT2D eigenvalue weighted by molar-refractivity contribution is 6.10. The van der Waals surface area contributed by atoms with Gasteiger partial charge in [-0.15, -0.1) is 0 Å². The summed E-state index contributed by atoms with van der Waals surface area (Å²) in [7, 11) is 0. The predicted molar refractivity (Wildman–Crippen MR) is 178 cm³/mol. The molecule has 0 saturated carbocycles. The molecule has 0 fully saturated rings. The van der Waals surface area contributed by atoms with Gasteiger partial charge in [-0.1, -0.05) is 109 Å². The van der Waals surface area contributed by atoms with E-state index >= 15 is 0 Å². The van der Waals surface area contributed by atoms with E-state index in [4.69, 9.17) is 0 Å². The maximum atomic E-state index is 2.41. The Labute approximate surface area is 245 Å². The molecule has 1 aromatic heterocycles. The molecule has 0 aliphatic carbocycles. The fraction of sp³-hybridized carbons (Fsp3) is 0. The molecule has 0 bridgehead atoms. The Kier molecular flexibility index (Phi) is 5.82. The van der Waals surface area contributed by atoms with E-state index < -0.39 is 0 Å². The van der Waals surface area contributed by atoms with Crippen molar-refractivity contribution in [3.63, 3.8) is 0 Å². The molecule has 8 rings (SSSR count). The normalized spacial score (nSPS) is 11.3. The summed E-state index contributed by atoms with van der Waals surface area (Å²) in [5.41, 5.74) is 9.37. The van der Waals surface area contributed by atoms with Crippen LogP contribution in [-0.2, 0) is 0 Å². The van der Waals surface area contributed by atoms with E-state index in [2.05, 4.69) is 179 Å². The zero-order valence-electron chi connectivity index (χ0n) is 23.1. The Balaban J connectivity index is 1.36. The lowest BCUT2D eigenvalue weighted by atomic mass is 9.96. The van der Waals surface area contributed by atoms with Crippen LogP contribution in [-0.4, -0.2) is 4.57 Å². The summed E-state index contributed by atoms with van der Waals surface area (Å²) < 4.78 is 2.41. The largest absolute Gasteiger partial charge is 0.310 e. The van der Waals surface area contributed by atoms with Gasteiger partial charge in [0.15, 0.2) is 0 Å². The second-order valence-electron chi connectivity index (χ2n) is 10.6. The lowest BCUT2D eigenvalue weighted by Crippen LogP contribution is -2.09. The van der Waals surface area contributed by atoms with Crippen molar-refractivity contribution in [2.24, 2.45) is 0 Å². The Hall–Kier alpha value is -5.60. The van der Waals surface area contributed by atoms with Gasteiger partial charge in [-0.2, -0.15) is 0 Å². The number of anilines is 3. The van der Waals surface area contributed by atoms with Crippen LogP contribution < -0.4 is 4.90 Å². The number of rotatable bonds is 5. The van der Waals surface area contributed by atoms with E-state index in [-0.39, 0.29) is 0 Å². The average Bonchev–Trinajstić information content (AvgIpc) is 3.40. The molecular weight excluding hydrogens is 508 g/mol. The first-order valence-electron chi connectivity index (χ1n) is 14.4. The van der Waals surface area contributed by atoms with E-state index in [1.165, 1.54) is 43.7 Å². The average molecular weight is 537 g/mol. The number of nitrogens with zero attached hydrogens (tertiary/aromatic N) is 2. The maximum absolute atomic E-state index is 2.41. The van der Waals surface area contributed by atoms with Crippen LogP contribution in [0.3, 0.4) is 0 Å². The standard InChI is InChI=1S/C40H28N2/c1-3-16-31(17-4-1)41(32-18-5-2-6-19-32)33-20-13-15-30(26-33)38-28-34(27-29-14-7-8-21-35(29)38)42-39-24-11-9-22-36(39)37-23-10-12-25-40(37)42/h1-28H. The summed E-state index contributed by atoms with van der Waals surface area (Å²) in [6.45, 7) is 0. The molecule has 0 unspecified atom stereocenters. The Morgan fingerprint density at radius 3 is 1.55 bits per heavy atom. The van der Waals surface area contributed by atoms with Crippen LogP contribution in [0.1, 0.15) is 0 Å². The summed E-state index contributed by atoms with van der Waals surface area (Å²) in [6, 6.07) is 60.9. The van der Waals surface area contributed by atoms with Gasteiger partial charge in [-0.25, -0.2) is 0 Å². The van der Waals surface area contributed by atoms with Gasteiger partial charge >= 0.3 is 0 Å². The molecule has 0 aliphatic rings. The molecule has 198 valence electrons. The highest BCUT2D eigenvalue weighted by atomic mass is 15.1. The minimum absolute atomic E-state index is 1.12. The highest BCUT2D eigenvalue weighted by Gasteiger charge is 2.16. The van der Waals surface area contributed by atoms with Gasteiger partial charge in [0.25, 0.3) is 0 Å². The summed E-state index contributed by atoms with van der Waals surface area (Å²) >= 11 is 0. The number of hydrogen-bond acceptors (Lipinski definition) is 1. The zero-order chi connectivity index (χ0) is 27.9. The van der Waals surface area contributed by atoms with Crippen LogP contribution in [0.4, 0.5) is 17.1 Å². The number of fused-ring (bicyclic) bond motifs is 4. The molecule has 8 aromatic rings. The molecule has 0 N–H and O–H groups in total. The topological polar surface area (TPSA) is 8.17 Å². The van der Waals surface area contributed by atoms with Crippen LogP contribution in [0.5, 0.6) is 0 Å². The van der Waals surface area contributed by atoms with Gasteiger partial charge in [0.1, 0.15) is 0 Å². The quantitative estimate of drug-likeness (QED) is 0.212. The van der Waals surface area contributed by atoms with E-state index in [0.29, 0.717) is 0 Å². The molecule has 0 amide bonds. The summed E-state index contributed by atoms with van der Waals surface area (Å²) in [5, 5.41) is 5.00. The van der Waals surface area contributed by atoms with Gasteiger partial charge in [-0.05, 0) is 82.6 Å². The second kappa shape index (κ2) is 10.1. The van der Waals surface area contributed by atoms with Crippen molar-refractivity contribution in [2.45, 2.75) is 0 Å². The maximum Gasteiger partial charge on any atom is 0.0541 e. The minimum Gasteiger partial charge on any atom is -0.310 e. The third-order valence-electron chi connectivity index (χ3n) is 8.13. The number of hydrogen-bond donors (Lipinski definition) is 0. The molecule has 42 heavy (non-hydrogen) atoms. The Morgan fingerprint density at radius 1 is 0.381 bits per heavy atom. The van der Waals surface area contributed by atoms with Gasteiger partial charge in [0.05, 0.1) is 11.0 Å². The number of benzene rings is 7. The molecule has 2 heteroatoms. The fourth-order valence-electron chi connectivity index (χ4n) is 6.28. The predicted octanol–water partition coefficient (Wildman–Crippen LogP) is 11.1. The van der Waals surface area contributed by atoms with Gasteiger partial charge in [-0.3, -0.25) is 0 Å². The zero-order valence-corrected chi connectivity index (χ0v) is 23.1. The van der Waals surface area contributed by atoms with E-state index in [0.717, 1.165) is 22.7 Å². The third kappa shape index (κ3) is 4.05. The minimum atomic E-state index is 1.12. The third-order valence-corrected chi connectivity index (χ3v) is 8.13. The van der Waals surface area contributed by atoms with Crippen molar-refractivity contribution < 1.29 is 0 Å². The van der Waals surface area contributed by atoms with Crippen LogP contribution in [0.25, 0.3) is 49.4 Å². The molecule has 0 saturated heterocycles. The van der Waals surface area contributed by atoms with Crippen molar-refractivity contribution in [2.75, 3.05) is 4.90 Å². The Bertz CT molecular complexity index is 2100. The first-order valence-corrected chi connectivity index (χ1v) is 14.4. The monoisotopic (exact) mass is 536 g/mol. The first-order chi connectivity index (χ1) is 20.8.